The molecule has 0 aliphatic rings. The standard InChI is InChI=1S/C18H14F3N5O2/c1-9(27)10-3-6-15-14(7-10)24-17(26(15)2)25-16-22-12-5-4-11(8-13(12)23-16)28-18(19,20)21/h3-8H,1-2H3,(H2,22,23,24,25). The number of nitrogens with one attached hydrogen (secondary N) is 2. The van der Waals surface area contributed by atoms with Crippen molar-refractivity contribution in [2.75, 3.05) is 5.32 Å². The second-order valence-electron chi connectivity index (χ2n) is 6.19. The second-order valence-corrected chi connectivity index (χ2v) is 6.19. The van der Waals surface area contributed by atoms with Gasteiger partial charge in [-0.2, -0.15) is 0 Å². The SMILES string of the molecule is CC(=O)c1ccc2c(c1)nc(Nc1nc3ccc(OC(F)(F)F)cc3[nH]1)n2C. The minimum Gasteiger partial charge on any atom is -0.406 e. The molecule has 0 amide bonds. The number of carbonyl (C=O) groups is 1. The van der Waals surface area contributed by atoms with Gasteiger partial charge in [-0.1, -0.05) is 0 Å². The molecule has 4 aromatic rings. The van der Waals surface area contributed by atoms with Gasteiger partial charge in [0.25, 0.3) is 0 Å². The fourth-order valence-electron chi connectivity index (χ4n) is 2.88. The number of fused-ring (bicyclic) bond motifs is 2. The highest BCUT2D eigenvalue weighted by Gasteiger charge is 2.31. The number of hydrogen-bond donors (Lipinski definition) is 2. The molecule has 144 valence electrons. The number of imidazole rings is 2. The number of aromatic nitrogens is 4. The molecular formula is C18H14F3N5O2. The van der Waals surface area contributed by atoms with E-state index in [9.17, 15) is 18.0 Å². The highest BCUT2D eigenvalue weighted by atomic mass is 19.4. The average molecular weight is 389 g/mol. The van der Waals surface area contributed by atoms with Gasteiger partial charge in [0.05, 0.1) is 22.1 Å². The number of ketones is 1. The van der Waals surface area contributed by atoms with Gasteiger partial charge in [0.2, 0.25) is 11.9 Å². The number of carbonyl (C=O) groups excluding carboxylic acids is 1. The molecule has 0 spiro atoms. The molecule has 0 aliphatic carbocycles. The third kappa shape index (κ3) is 3.36. The smallest absolute Gasteiger partial charge is 0.406 e. The van der Waals surface area contributed by atoms with E-state index in [0.29, 0.717) is 34.0 Å². The number of aromatic amines is 1. The van der Waals surface area contributed by atoms with E-state index < -0.39 is 6.36 Å². The van der Waals surface area contributed by atoms with E-state index in [4.69, 9.17) is 0 Å². The van der Waals surface area contributed by atoms with E-state index in [1.807, 2.05) is 0 Å². The molecule has 7 nitrogen and oxygen atoms in total. The van der Waals surface area contributed by atoms with Gasteiger partial charge in [0.1, 0.15) is 5.75 Å². The van der Waals surface area contributed by atoms with Crippen molar-refractivity contribution in [2.45, 2.75) is 13.3 Å². The Hall–Kier alpha value is -3.56. The maximum atomic E-state index is 12.4. The van der Waals surface area contributed by atoms with Gasteiger partial charge in [-0.25, -0.2) is 9.97 Å². The molecular weight excluding hydrogens is 375 g/mol. The first-order valence-electron chi connectivity index (χ1n) is 8.19. The van der Waals surface area contributed by atoms with Crippen molar-refractivity contribution >= 4 is 39.7 Å². The van der Waals surface area contributed by atoms with E-state index in [1.54, 1.807) is 29.8 Å². The number of rotatable bonds is 4. The molecule has 2 aromatic carbocycles. The van der Waals surface area contributed by atoms with E-state index in [1.165, 1.54) is 25.1 Å². The van der Waals surface area contributed by atoms with Crippen molar-refractivity contribution < 1.29 is 22.7 Å². The number of H-pyrrole nitrogens is 1. The van der Waals surface area contributed by atoms with Gasteiger partial charge in [0, 0.05) is 18.7 Å². The third-order valence-corrected chi connectivity index (χ3v) is 4.20. The number of hydrogen-bond acceptors (Lipinski definition) is 5. The summed E-state index contributed by atoms with van der Waals surface area (Å²) in [5.41, 5.74) is 2.84. The molecule has 4 rings (SSSR count). The Bertz CT molecular complexity index is 1210. The van der Waals surface area contributed by atoms with Crippen LogP contribution in [0.4, 0.5) is 25.1 Å². The Morgan fingerprint density at radius 1 is 1.14 bits per heavy atom. The Morgan fingerprint density at radius 3 is 2.64 bits per heavy atom. The van der Waals surface area contributed by atoms with Gasteiger partial charge in [-0.3, -0.25) is 10.1 Å². The molecule has 10 heteroatoms. The summed E-state index contributed by atoms with van der Waals surface area (Å²) in [5, 5.41) is 3.00. The Balaban J connectivity index is 1.66. The zero-order valence-corrected chi connectivity index (χ0v) is 14.8. The summed E-state index contributed by atoms with van der Waals surface area (Å²) < 4.78 is 42.8. The molecule has 0 aliphatic heterocycles. The van der Waals surface area contributed by atoms with E-state index in [2.05, 4.69) is 25.0 Å². The van der Waals surface area contributed by atoms with E-state index in [0.717, 1.165) is 5.52 Å². The van der Waals surface area contributed by atoms with Crippen molar-refractivity contribution in [1.29, 1.82) is 0 Å². The summed E-state index contributed by atoms with van der Waals surface area (Å²) in [5.74, 6) is 0.372. The summed E-state index contributed by atoms with van der Waals surface area (Å²) in [6, 6.07) is 9.05. The van der Waals surface area contributed by atoms with Crippen LogP contribution in [-0.4, -0.2) is 31.7 Å². The summed E-state index contributed by atoms with van der Waals surface area (Å²) >= 11 is 0. The number of anilines is 2. The summed E-state index contributed by atoms with van der Waals surface area (Å²) in [6.45, 7) is 1.48. The van der Waals surface area contributed by atoms with Crippen LogP contribution < -0.4 is 10.1 Å². The van der Waals surface area contributed by atoms with Crippen LogP contribution in [0.3, 0.4) is 0 Å². The zero-order valence-electron chi connectivity index (χ0n) is 14.8. The molecule has 0 radical (unpaired) electrons. The first-order chi connectivity index (χ1) is 13.2. The number of halogens is 3. The lowest BCUT2D eigenvalue weighted by Gasteiger charge is -2.07. The van der Waals surface area contributed by atoms with Crippen LogP contribution in [0.25, 0.3) is 22.1 Å². The van der Waals surface area contributed by atoms with Crippen molar-refractivity contribution in [1.82, 2.24) is 19.5 Å². The number of Topliss-reactive ketones (excluding diaryl/α,β-unsaturated/α-hetero) is 1. The monoisotopic (exact) mass is 389 g/mol. The van der Waals surface area contributed by atoms with Crippen LogP contribution in [0.1, 0.15) is 17.3 Å². The highest BCUT2D eigenvalue weighted by Crippen LogP contribution is 2.27. The van der Waals surface area contributed by atoms with Crippen molar-refractivity contribution in [3.05, 3.63) is 42.0 Å². The van der Waals surface area contributed by atoms with E-state index in [-0.39, 0.29) is 11.5 Å². The molecule has 0 fully saturated rings. The first kappa shape index (κ1) is 17.8. The van der Waals surface area contributed by atoms with Crippen molar-refractivity contribution in [3.8, 4) is 5.75 Å². The van der Waals surface area contributed by atoms with Crippen LogP contribution in [-0.2, 0) is 7.05 Å². The number of alkyl halides is 3. The Labute approximate surface area is 156 Å². The quantitative estimate of drug-likeness (QED) is 0.509. The fraction of sp³-hybridized carbons (Fsp3) is 0.167. The van der Waals surface area contributed by atoms with Crippen LogP contribution in [0, 0.1) is 0 Å². The normalized spacial score (nSPS) is 11.9. The van der Waals surface area contributed by atoms with Crippen LogP contribution in [0.5, 0.6) is 5.75 Å². The Morgan fingerprint density at radius 2 is 1.93 bits per heavy atom. The molecule has 2 aromatic heterocycles. The summed E-state index contributed by atoms with van der Waals surface area (Å²) in [6.07, 6.45) is -4.76. The molecule has 0 saturated heterocycles. The van der Waals surface area contributed by atoms with Crippen LogP contribution in [0.2, 0.25) is 0 Å². The van der Waals surface area contributed by atoms with Crippen molar-refractivity contribution in [3.63, 3.8) is 0 Å². The third-order valence-electron chi connectivity index (χ3n) is 4.20. The fourth-order valence-corrected chi connectivity index (χ4v) is 2.88. The van der Waals surface area contributed by atoms with Crippen LogP contribution >= 0.6 is 0 Å². The molecule has 0 atom stereocenters. The molecule has 28 heavy (non-hydrogen) atoms. The molecule has 2 heterocycles. The Kier molecular flexibility index (Phi) is 3.98. The molecule has 2 N–H and O–H groups in total. The first-order valence-corrected chi connectivity index (χ1v) is 8.19. The lowest BCUT2D eigenvalue weighted by atomic mass is 10.1. The van der Waals surface area contributed by atoms with Gasteiger partial charge in [-0.15, -0.1) is 13.2 Å². The minimum absolute atomic E-state index is 0.0590. The number of ether oxygens (including phenoxy) is 1. The summed E-state index contributed by atoms with van der Waals surface area (Å²) in [4.78, 5) is 23.2. The van der Waals surface area contributed by atoms with E-state index >= 15 is 0 Å². The number of aryl methyl sites for hydroxylation is 1. The zero-order chi connectivity index (χ0) is 20.1. The van der Waals surface area contributed by atoms with Crippen LogP contribution in [0.15, 0.2) is 36.4 Å². The number of nitrogens with zero attached hydrogens (tertiary/aromatic N) is 3. The molecule has 0 bridgehead atoms. The lowest BCUT2D eigenvalue weighted by Crippen LogP contribution is -2.16. The molecule has 0 unspecified atom stereocenters. The topological polar surface area (TPSA) is 84.8 Å². The molecule has 0 saturated carbocycles. The van der Waals surface area contributed by atoms with Gasteiger partial charge < -0.3 is 14.3 Å². The number of benzene rings is 2. The maximum absolute atomic E-state index is 12.4. The predicted octanol–water partition coefficient (Wildman–Crippen LogP) is 4.29. The van der Waals surface area contributed by atoms with Gasteiger partial charge in [-0.05, 0) is 37.3 Å². The average Bonchev–Trinajstić information content (AvgIpc) is 3.13. The van der Waals surface area contributed by atoms with Gasteiger partial charge >= 0.3 is 6.36 Å². The highest BCUT2D eigenvalue weighted by molar-refractivity contribution is 5.97. The van der Waals surface area contributed by atoms with Crippen molar-refractivity contribution in [2.24, 2.45) is 7.05 Å². The predicted molar refractivity (Wildman–Crippen MR) is 96.8 cm³/mol. The largest absolute Gasteiger partial charge is 0.573 e. The maximum Gasteiger partial charge on any atom is 0.573 e. The lowest BCUT2D eigenvalue weighted by molar-refractivity contribution is -0.274. The minimum atomic E-state index is -4.76. The second kappa shape index (κ2) is 6.25. The van der Waals surface area contributed by atoms with Gasteiger partial charge in [0.15, 0.2) is 5.78 Å². The summed E-state index contributed by atoms with van der Waals surface area (Å²) in [7, 11) is 1.79.